The Kier molecular flexibility index (Phi) is 2.93. The van der Waals surface area contributed by atoms with Gasteiger partial charge in [-0.1, -0.05) is 6.92 Å². The number of nitrogens with one attached hydrogen (secondary N) is 1. The minimum Gasteiger partial charge on any atom is -0.397 e. The number of carbonyl (C=O) groups is 1. The summed E-state index contributed by atoms with van der Waals surface area (Å²) >= 11 is 1.53. The van der Waals surface area contributed by atoms with Crippen LogP contribution in [0.25, 0.3) is 0 Å². The summed E-state index contributed by atoms with van der Waals surface area (Å²) in [5.74, 6) is 0.732. The fraction of sp³-hybridized carbons (Fsp3) is 0.615. The van der Waals surface area contributed by atoms with E-state index in [1.807, 2.05) is 6.07 Å². The lowest BCUT2D eigenvalue weighted by atomic mass is 10.2. The lowest BCUT2D eigenvalue weighted by molar-refractivity contribution is 0.0956. The average molecular weight is 265 g/mol. The van der Waals surface area contributed by atoms with E-state index < -0.39 is 0 Å². The highest BCUT2D eigenvalue weighted by molar-refractivity contribution is 7.18. The van der Waals surface area contributed by atoms with E-state index in [1.165, 1.54) is 17.8 Å². The van der Waals surface area contributed by atoms with Gasteiger partial charge in [0.2, 0.25) is 0 Å². The van der Waals surface area contributed by atoms with Crippen molar-refractivity contribution in [3.63, 3.8) is 0 Å². The van der Waals surface area contributed by atoms with Crippen molar-refractivity contribution < 1.29 is 4.79 Å². The van der Waals surface area contributed by atoms with Crippen LogP contribution >= 0.6 is 11.3 Å². The Morgan fingerprint density at radius 3 is 2.89 bits per heavy atom. The third kappa shape index (κ3) is 2.32. The summed E-state index contributed by atoms with van der Waals surface area (Å²) in [6.45, 7) is 4.41. The number of carbonyl (C=O) groups excluding carboxylic acids is 1. The van der Waals surface area contributed by atoms with Gasteiger partial charge in [-0.3, -0.25) is 4.79 Å². The fourth-order valence-corrected chi connectivity index (χ4v) is 3.36. The number of hydrogen-bond acceptors (Lipinski definition) is 4. The highest BCUT2D eigenvalue weighted by atomic mass is 32.1. The second-order valence-electron chi connectivity index (χ2n) is 5.46. The minimum absolute atomic E-state index is 0.00139. The largest absolute Gasteiger partial charge is 0.397 e. The Hall–Kier alpha value is -1.23. The first kappa shape index (κ1) is 11.8. The molecular formula is C13H19N3OS. The first-order chi connectivity index (χ1) is 8.63. The number of thiophene rings is 1. The van der Waals surface area contributed by atoms with Gasteiger partial charge in [-0.25, -0.2) is 0 Å². The van der Waals surface area contributed by atoms with Crippen LogP contribution in [0.4, 0.5) is 10.7 Å². The van der Waals surface area contributed by atoms with Gasteiger partial charge in [0.25, 0.3) is 5.91 Å². The maximum Gasteiger partial charge on any atom is 0.263 e. The molecule has 1 aliphatic carbocycles. The molecule has 1 aliphatic heterocycles. The molecule has 2 fully saturated rings. The third-order valence-electron chi connectivity index (χ3n) is 3.60. The molecule has 18 heavy (non-hydrogen) atoms. The predicted molar refractivity (Wildman–Crippen MR) is 75.2 cm³/mol. The Labute approximate surface area is 111 Å². The summed E-state index contributed by atoms with van der Waals surface area (Å²) in [5.41, 5.74) is 6.58. The second-order valence-corrected chi connectivity index (χ2v) is 6.49. The Morgan fingerprint density at radius 2 is 2.28 bits per heavy atom. The summed E-state index contributed by atoms with van der Waals surface area (Å²) < 4.78 is 0. The highest BCUT2D eigenvalue weighted by Gasteiger charge is 2.27. The monoisotopic (exact) mass is 265 g/mol. The summed E-state index contributed by atoms with van der Waals surface area (Å²) in [6.07, 6.45) is 3.43. The second kappa shape index (κ2) is 4.46. The molecule has 0 bridgehead atoms. The smallest absolute Gasteiger partial charge is 0.263 e. The van der Waals surface area contributed by atoms with Crippen LogP contribution in [0.15, 0.2) is 6.07 Å². The number of nitrogens with two attached hydrogens (primary N) is 1. The molecule has 1 saturated heterocycles. The molecule has 0 spiro atoms. The lowest BCUT2D eigenvalue weighted by Crippen LogP contribution is -2.25. The molecule has 98 valence electrons. The van der Waals surface area contributed by atoms with Crippen LogP contribution in [-0.2, 0) is 0 Å². The molecule has 1 aromatic heterocycles. The molecule has 2 aliphatic rings. The average Bonchev–Trinajstić information content (AvgIpc) is 2.87. The molecule has 1 atom stereocenters. The zero-order chi connectivity index (χ0) is 12.7. The van der Waals surface area contributed by atoms with E-state index >= 15 is 0 Å². The van der Waals surface area contributed by atoms with Crippen LogP contribution in [-0.4, -0.2) is 25.0 Å². The van der Waals surface area contributed by atoms with Crippen LogP contribution in [0.3, 0.4) is 0 Å². The van der Waals surface area contributed by atoms with E-state index in [0.717, 1.165) is 36.9 Å². The number of amides is 1. The summed E-state index contributed by atoms with van der Waals surface area (Å²) in [7, 11) is 0. The van der Waals surface area contributed by atoms with Gasteiger partial charge in [-0.15, -0.1) is 11.3 Å². The molecule has 5 heteroatoms. The van der Waals surface area contributed by atoms with Crippen LogP contribution in [0.1, 0.15) is 35.9 Å². The number of nitrogen functional groups attached to an aromatic ring is 1. The van der Waals surface area contributed by atoms with E-state index in [2.05, 4.69) is 17.1 Å². The van der Waals surface area contributed by atoms with Crippen molar-refractivity contribution in [1.82, 2.24) is 5.32 Å². The highest BCUT2D eigenvalue weighted by Crippen LogP contribution is 2.35. The normalized spacial score (nSPS) is 23.4. The molecule has 1 aromatic rings. The molecule has 0 radical (unpaired) electrons. The Bertz CT molecular complexity index is 467. The molecule has 1 unspecified atom stereocenters. The quantitative estimate of drug-likeness (QED) is 0.879. The number of nitrogens with zero attached hydrogens (tertiary/aromatic N) is 1. The van der Waals surface area contributed by atoms with Crippen molar-refractivity contribution in [2.75, 3.05) is 23.7 Å². The van der Waals surface area contributed by atoms with E-state index in [9.17, 15) is 4.79 Å². The van der Waals surface area contributed by atoms with E-state index in [0.29, 0.717) is 16.6 Å². The molecular weight excluding hydrogens is 246 g/mol. The molecule has 4 nitrogen and oxygen atoms in total. The fourth-order valence-electron chi connectivity index (χ4n) is 2.34. The van der Waals surface area contributed by atoms with Gasteiger partial charge in [0.1, 0.15) is 4.88 Å². The van der Waals surface area contributed by atoms with Crippen molar-refractivity contribution in [1.29, 1.82) is 0 Å². The van der Waals surface area contributed by atoms with Crippen molar-refractivity contribution in [2.24, 2.45) is 5.92 Å². The Morgan fingerprint density at radius 1 is 1.50 bits per heavy atom. The lowest BCUT2D eigenvalue weighted by Gasteiger charge is -2.14. The van der Waals surface area contributed by atoms with E-state index in [4.69, 9.17) is 5.73 Å². The van der Waals surface area contributed by atoms with Crippen molar-refractivity contribution in [2.45, 2.75) is 32.2 Å². The van der Waals surface area contributed by atoms with E-state index in [-0.39, 0.29) is 5.91 Å². The molecule has 3 N–H and O–H groups in total. The van der Waals surface area contributed by atoms with Crippen molar-refractivity contribution >= 4 is 27.9 Å². The van der Waals surface area contributed by atoms with Crippen LogP contribution in [0, 0.1) is 5.92 Å². The van der Waals surface area contributed by atoms with Gasteiger partial charge < -0.3 is 16.0 Å². The first-order valence-corrected chi connectivity index (χ1v) is 7.40. The number of hydrogen-bond donors (Lipinski definition) is 2. The SMILES string of the molecule is CC1CCN(c2cc(N)c(C(=O)NC3CC3)s2)C1. The van der Waals surface area contributed by atoms with Crippen LogP contribution in [0.5, 0.6) is 0 Å². The van der Waals surface area contributed by atoms with Gasteiger partial charge in [0, 0.05) is 19.1 Å². The topological polar surface area (TPSA) is 58.4 Å². The van der Waals surface area contributed by atoms with Crippen molar-refractivity contribution in [3.05, 3.63) is 10.9 Å². The summed E-state index contributed by atoms with van der Waals surface area (Å²) in [4.78, 5) is 15.0. The Balaban J connectivity index is 1.75. The first-order valence-electron chi connectivity index (χ1n) is 6.58. The maximum absolute atomic E-state index is 12.0. The summed E-state index contributed by atoms with van der Waals surface area (Å²) in [6, 6.07) is 2.33. The molecule has 3 rings (SSSR count). The maximum atomic E-state index is 12.0. The number of anilines is 2. The molecule has 1 saturated carbocycles. The van der Waals surface area contributed by atoms with Gasteiger partial charge in [-0.05, 0) is 31.2 Å². The third-order valence-corrected chi connectivity index (χ3v) is 4.81. The van der Waals surface area contributed by atoms with E-state index in [1.54, 1.807) is 0 Å². The molecule has 1 amide bonds. The molecule has 2 heterocycles. The van der Waals surface area contributed by atoms with Crippen LogP contribution < -0.4 is 16.0 Å². The summed E-state index contributed by atoms with van der Waals surface area (Å²) in [5, 5.41) is 4.13. The zero-order valence-electron chi connectivity index (χ0n) is 10.6. The predicted octanol–water partition coefficient (Wildman–Crippen LogP) is 2.07. The van der Waals surface area contributed by atoms with Gasteiger partial charge in [0.05, 0.1) is 10.7 Å². The molecule has 0 aromatic carbocycles. The van der Waals surface area contributed by atoms with Crippen LogP contribution in [0.2, 0.25) is 0 Å². The minimum atomic E-state index is -0.00139. The standard InChI is InChI=1S/C13H19N3OS/c1-8-4-5-16(7-8)11-6-10(14)12(18-11)13(17)15-9-2-3-9/h6,8-9H,2-5,7,14H2,1H3,(H,15,17). The van der Waals surface area contributed by atoms with Gasteiger partial charge in [-0.2, -0.15) is 0 Å². The zero-order valence-corrected chi connectivity index (χ0v) is 11.4. The van der Waals surface area contributed by atoms with Gasteiger partial charge in [0.15, 0.2) is 0 Å². The van der Waals surface area contributed by atoms with Gasteiger partial charge >= 0.3 is 0 Å². The number of rotatable bonds is 3. The van der Waals surface area contributed by atoms with Crippen molar-refractivity contribution in [3.8, 4) is 0 Å².